The summed E-state index contributed by atoms with van der Waals surface area (Å²) >= 11 is 3.20. The number of halogens is 1. The zero-order valence-electron chi connectivity index (χ0n) is 14.3. The second kappa shape index (κ2) is 8.82. The van der Waals surface area contributed by atoms with Gasteiger partial charge in [0.25, 0.3) is 0 Å². The number of esters is 2. The summed E-state index contributed by atoms with van der Waals surface area (Å²) < 4.78 is 15.1. The van der Waals surface area contributed by atoms with Crippen molar-refractivity contribution in [2.45, 2.75) is 56.3 Å². The second-order valence-electron chi connectivity index (χ2n) is 6.60. The van der Waals surface area contributed by atoms with Crippen molar-refractivity contribution in [1.82, 2.24) is 0 Å². The van der Waals surface area contributed by atoms with E-state index >= 15 is 0 Å². The molecule has 0 aliphatic carbocycles. The van der Waals surface area contributed by atoms with Crippen LogP contribution >= 0.6 is 15.9 Å². The lowest BCUT2D eigenvalue weighted by Crippen LogP contribution is -2.43. The summed E-state index contributed by atoms with van der Waals surface area (Å²) in [6.07, 6.45) is 0.896. The smallest absolute Gasteiger partial charge is 0.322 e. The van der Waals surface area contributed by atoms with Gasteiger partial charge < -0.3 is 19.0 Å². The molecule has 0 saturated carbocycles. The predicted octanol–water partition coefficient (Wildman–Crippen LogP) is 1.98. The maximum Gasteiger partial charge on any atom is 0.322 e. The minimum Gasteiger partial charge on any atom is -0.463 e. The Labute approximate surface area is 147 Å². The standard InChI is InChI=1S/C15H24BBrO6/c1-13(2,16)11(19)21-9-15(5,23-8-6-7-18)10-22-12(20)14(3,4)17/h7H,6,8-10H2,1-5H3. The van der Waals surface area contributed by atoms with Gasteiger partial charge in [0.05, 0.1) is 14.5 Å². The molecule has 1 unspecified atom stereocenters. The van der Waals surface area contributed by atoms with Gasteiger partial charge in [-0.05, 0) is 20.8 Å². The number of aldehydes is 1. The summed E-state index contributed by atoms with van der Waals surface area (Å²) in [7, 11) is 5.66. The quantitative estimate of drug-likeness (QED) is 0.186. The van der Waals surface area contributed by atoms with Gasteiger partial charge in [0.1, 0.15) is 29.4 Å². The predicted molar refractivity (Wildman–Crippen MR) is 89.8 cm³/mol. The van der Waals surface area contributed by atoms with Crippen LogP contribution in [0.15, 0.2) is 0 Å². The highest BCUT2D eigenvalue weighted by Gasteiger charge is 2.34. The highest BCUT2D eigenvalue weighted by Crippen LogP contribution is 2.23. The fourth-order valence-electron chi connectivity index (χ4n) is 1.27. The Kier molecular flexibility index (Phi) is 8.48. The molecule has 0 aromatic carbocycles. The van der Waals surface area contributed by atoms with Crippen molar-refractivity contribution in [3.05, 3.63) is 0 Å². The number of hydrogen-bond acceptors (Lipinski definition) is 6. The van der Waals surface area contributed by atoms with Crippen molar-refractivity contribution in [2.24, 2.45) is 0 Å². The normalized spacial score (nSPS) is 14.7. The van der Waals surface area contributed by atoms with E-state index in [1.165, 1.54) is 13.8 Å². The van der Waals surface area contributed by atoms with E-state index in [0.29, 0.717) is 6.29 Å². The van der Waals surface area contributed by atoms with E-state index in [9.17, 15) is 14.4 Å². The van der Waals surface area contributed by atoms with Crippen LogP contribution in [0.1, 0.15) is 41.0 Å². The third-order valence-corrected chi connectivity index (χ3v) is 3.04. The number of alkyl halides is 1. The van der Waals surface area contributed by atoms with Gasteiger partial charge in [0, 0.05) is 11.7 Å². The lowest BCUT2D eigenvalue weighted by Gasteiger charge is -2.31. The second-order valence-corrected chi connectivity index (χ2v) is 8.58. The van der Waals surface area contributed by atoms with Crippen molar-refractivity contribution in [3.8, 4) is 0 Å². The average Bonchev–Trinajstić information content (AvgIpc) is 2.40. The van der Waals surface area contributed by atoms with Gasteiger partial charge in [-0.15, -0.1) is 0 Å². The molecule has 0 spiro atoms. The Balaban J connectivity index is 4.78. The van der Waals surface area contributed by atoms with Gasteiger partial charge in [0.2, 0.25) is 0 Å². The van der Waals surface area contributed by atoms with Gasteiger partial charge in [-0.3, -0.25) is 9.59 Å². The van der Waals surface area contributed by atoms with E-state index in [4.69, 9.17) is 22.1 Å². The molecular formula is C15H24BBrO6. The molecule has 0 heterocycles. The zero-order valence-corrected chi connectivity index (χ0v) is 15.9. The minimum atomic E-state index is -1.14. The van der Waals surface area contributed by atoms with Crippen LogP contribution in [-0.4, -0.2) is 55.8 Å². The Morgan fingerprint density at radius 2 is 1.52 bits per heavy atom. The van der Waals surface area contributed by atoms with Crippen LogP contribution in [0.4, 0.5) is 0 Å². The molecule has 0 N–H and O–H groups in total. The molecule has 2 radical (unpaired) electrons. The van der Waals surface area contributed by atoms with Gasteiger partial charge in [0.15, 0.2) is 0 Å². The first kappa shape index (κ1) is 22.1. The third kappa shape index (κ3) is 9.10. The Bertz CT molecular complexity index is 395. The van der Waals surface area contributed by atoms with Gasteiger partial charge in [-0.25, -0.2) is 0 Å². The Morgan fingerprint density at radius 1 is 1.04 bits per heavy atom. The molecule has 0 amide bonds. The number of hydrogen-bond donors (Lipinski definition) is 0. The summed E-state index contributed by atoms with van der Waals surface area (Å²) in [6.45, 7) is 7.82. The largest absolute Gasteiger partial charge is 0.463 e. The van der Waals surface area contributed by atoms with E-state index in [1.807, 2.05) is 0 Å². The maximum absolute atomic E-state index is 11.8. The first-order chi connectivity index (χ1) is 10.3. The monoisotopic (exact) mass is 390 g/mol. The van der Waals surface area contributed by atoms with E-state index in [0.717, 1.165) is 0 Å². The van der Waals surface area contributed by atoms with Gasteiger partial charge in [-0.2, -0.15) is 0 Å². The first-order valence-corrected chi connectivity index (χ1v) is 8.01. The van der Waals surface area contributed by atoms with Crippen molar-refractivity contribution < 1.29 is 28.6 Å². The fraction of sp³-hybridized carbons (Fsp3) is 0.800. The van der Waals surface area contributed by atoms with E-state index in [-0.39, 0.29) is 26.2 Å². The van der Waals surface area contributed by atoms with Crippen LogP contribution in [0, 0.1) is 0 Å². The number of ether oxygens (including phenoxy) is 3. The topological polar surface area (TPSA) is 78.9 Å². The molecule has 0 aromatic rings. The summed E-state index contributed by atoms with van der Waals surface area (Å²) in [5.74, 6) is -1.08. The van der Waals surface area contributed by atoms with Crippen molar-refractivity contribution in [2.75, 3.05) is 19.8 Å². The molecule has 0 aliphatic heterocycles. The lowest BCUT2D eigenvalue weighted by molar-refractivity contribution is -0.171. The number of carbonyl (C=O) groups is 3. The van der Waals surface area contributed by atoms with E-state index in [2.05, 4.69) is 15.9 Å². The molecule has 0 aliphatic rings. The van der Waals surface area contributed by atoms with Gasteiger partial charge in [-0.1, -0.05) is 29.8 Å². The summed E-state index contributed by atoms with van der Waals surface area (Å²) in [5.41, 5.74) is -1.07. The molecule has 8 heteroatoms. The minimum absolute atomic E-state index is 0.124. The molecule has 6 nitrogen and oxygen atoms in total. The third-order valence-electron chi connectivity index (χ3n) is 2.71. The number of rotatable bonds is 10. The maximum atomic E-state index is 11.8. The van der Waals surface area contributed by atoms with E-state index < -0.39 is 27.2 Å². The molecule has 0 saturated heterocycles. The van der Waals surface area contributed by atoms with Crippen molar-refractivity contribution in [1.29, 1.82) is 0 Å². The summed E-state index contributed by atoms with van der Waals surface area (Å²) in [4.78, 5) is 34.0. The van der Waals surface area contributed by atoms with Gasteiger partial charge >= 0.3 is 11.9 Å². The van der Waals surface area contributed by atoms with E-state index in [1.54, 1.807) is 20.8 Å². The van der Waals surface area contributed by atoms with Crippen LogP contribution in [0.5, 0.6) is 0 Å². The molecule has 0 fully saturated rings. The molecule has 0 rings (SSSR count). The molecule has 130 valence electrons. The highest BCUT2D eigenvalue weighted by molar-refractivity contribution is 9.10. The fourth-order valence-corrected chi connectivity index (χ4v) is 1.39. The Morgan fingerprint density at radius 3 is 1.91 bits per heavy atom. The molecular weight excluding hydrogens is 367 g/mol. The average molecular weight is 391 g/mol. The molecule has 0 bridgehead atoms. The number of carbonyl (C=O) groups excluding carboxylic acids is 3. The summed E-state index contributed by atoms with van der Waals surface area (Å²) in [5, 5.41) is -1.14. The summed E-state index contributed by atoms with van der Waals surface area (Å²) in [6, 6.07) is 0. The first-order valence-electron chi connectivity index (χ1n) is 7.22. The van der Waals surface area contributed by atoms with Crippen LogP contribution in [0.3, 0.4) is 0 Å². The van der Waals surface area contributed by atoms with Crippen LogP contribution in [-0.2, 0) is 28.6 Å². The molecule has 1 atom stereocenters. The van der Waals surface area contributed by atoms with Crippen LogP contribution in [0.25, 0.3) is 0 Å². The molecule has 0 aromatic heterocycles. The highest BCUT2D eigenvalue weighted by atomic mass is 79.9. The van der Waals surface area contributed by atoms with Crippen molar-refractivity contribution in [3.63, 3.8) is 0 Å². The van der Waals surface area contributed by atoms with Crippen LogP contribution in [0.2, 0.25) is 5.31 Å². The zero-order chi connectivity index (χ0) is 18.3. The Hall–Kier alpha value is -0.885. The lowest BCUT2D eigenvalue weighted by atomic mass is 9.73. The van der Waals surface area contributed by atoms with Crippen LogP contribution < -0.4 is 0 Å². The SMILES string of the molecule is [B]C(C)(C)C(=O)OCC(C)(COC(=O)C(C)(C)Br)OCCC=O. The molecule has 23 heavy (non-hydrogen) atoms. The van der Waals surface area contributed by atoms with Crippen molar-refractivity contribution >= 4 is 42.0 Å².